The van der Waals surface area contributed by atoms with E-state index in [1.165, 1.54) is 16.7 Å². The molecule has 3 aromatic rings. The van der Waals surface area contributed by atoms with Gasteiger partial charge in [-0.15, -0.1) is 0 Å². The largest absolute Gasteiger partial charge is 0.338 e. The van der Waals surface area contributed by atoms with Crippen LogP contribution in [0.25, 0.3) is 11.1 Å². The van der Waals surface area contributed by atoms with Crippen LogP contribution in [-0.2, 0) is 11.3 Å². The van der Waals surface area contributed by atoms with E-state index in [9.17, 15) is 4.79 Å². The number of carbonyl (C=O) groups is 1. The number of hydrogen-bond donors (Lipinski definition) is 0. The topological polar surface area (TPSA) is 52.6 Å². The predicted molar refractivity (Wildman–Crippen MR) is 124 cm³/mol. The summed E-state index contributed by atoms with van der Waals surface area (Å²) in [6.07, 6.45) is 3.51. The van der Waals surface area contributed by atoms with Gasteiger partial charge in [0.05, 0.1) is 6.04 Å². The molecule has 0 spiro atoms. The molecule has 6 heteroatoms. The number of anilines is 1. The average Bonchev–Trinajstić information content (AvgIpc) is 2.84. The summed E-state index contributed by atoms with van der Waals surface area (Å²) in [6.45, 7) is 5.60. The number of carbonyl (C=O) groups excluding carboxylic acids is 1. The molecule has 0 saturated carbocycles. The highest BCUT2D eigenvalue weighted by atomic mass is 16.2. The lowest BCUT2D eigenvalue weighted by molar-refractivity contribution is -0.136. The second-order valence-corrected chi connectivity index (χ2v) is 7.98. The van der Waals surface area contributed by atoms with E-state index in [2.05, 4.69) is 68.3 Å². The Morgan fingerprint density at radius 1 is 0.935 bits per heavy atom. The van der Waals surface area contributed by atoms with E-state index in [1.807, 2.05) is 31.0 Å². The van der Waals surface area contributed by atoms with Crippen molar-refractivity contribution in [3.63, 3.8) is 0 Å². The Hall–Kier alpha value is -3.25. The summed E-state index contributed by atoms with van der Waals surface area (Å²) in [5, 5.41) is 0. The highest BCUT2D eigenvalue weighted by Gasteiger charge is 2.28. The first kappa shape index (κ1) is 21.0. The van der Waals surface area contributed by atoms with E-state index in [-0.39, 0.29) is 11.9 Å². The van der Waals surface area contributed by atoms with Gasteiger partial charge in [0.25, 0.3) is 0 Å². The summed E-state index contributed by atoms with van der Waals surface area (Å²) in [5.74, 6) is 0.908. The number of amides is 1. The monoisotopic (exact) mass is 415 g/mol. The van der Waals surface area contributed by atoms with Crippen molar-refractivity contribution in [3.05, 3.63) is 78.6 Å². The van der Waals surface area contributed by atoms with E-state index in [4.69, 9.17) is 0 Å². The Labute approximate surface area is 184 Å². The summed E-state index contributed by atoms with van der Waals surface area (Å²) in [5.41, 5.74) is 3.64. The van der Waals surface area contributed by atoms with Crippen LogP contribution in [0.1, 0.15) is 12.5 Å². The summed E-state index contributed by atoms with van der Waals surface area (Å²) < 4.78 is 0. The van der Waals surface area contributed by atoms with Gasteiger partial charge in [-0.05, 0) is 36.7 Å². The van der Waals surface area contributed by atoms with Gasteiger partial charge in [-0.1, -0.05) is 54.6 Å². The maximum atomic E-state index is 13.2. The van der Waals surface area contributed by atoms with Crippen LogP contribution in [0, 0.1) is 0 Å². The fraction of sp³-hybridized carbons (Fsp3) is 0.320. The molecule has 4 rings (SSSR count). The van der Waals surface area contributed by atoms with Crippen molar-refractivity contribution < 1.29 is 4.79 Å². The van der Waals surface area contributed by atoms with E-state index >= 15 is 0 Å². The lowest BCUT2D eigenvalue weighted by Gasteiger charge is -2.37. The Morgan fingerprint density at radius 3 is 2.29 bits per heavy atom. The van der Waals surface area contributed by atoms with Crippen molar-refractivity contribution in [2.24, 2.45) is 0 Å². The van der Waals surface area contributed by atoms with Crippen molar-refractivity contribution in [2.45, 2.75) is 19.5 Å². The van der Waals surface area contributed by atoms with E-state index in [0.29, 0.717) is 13.1 Å². The molecule has 6 nitrogen and oxygen atoms in total. The minimum absolute atomic E-state index is 0.174. The normalized spacial score (nSPS) is 15.2. The molecule has 0 N–H and O–H groups in total. The summed E-state index contributed by atoms with van der Waals surface area (Å²) in [6, 6.07) is 20.5. The molecular formula is C25H29N5O. The molecule has 1 aromatic heterocycles. The minimum atomic E-state index is -0.191. The first-order chi connectivity index (χ1) is 15.1. The van der Waals surface area contributed by atoms with Crippen LogP contribution < -0.4 is 4.90 Å². The Bertz CT molecular complexity index is 987. The molecule has 160 valence electrons. The molecule has 1 atom stereocenters. The van der Waals surface area contributed by atoms with Crippen LogP contribution in [0.15, 0.2) is 73.1 Å². The number of nitrogens with zero attached hydrogens (tertiary/aromatic N) is 5. The van der Waals surface area contributed by atoms with Crippen LogP contribution >= 0.6 is 0 Å². The highest BCUT2D eigenvalue weighted by Crippen LogP contribution is 2.25. The maximum Gasteiger partial charge on any atom is 0.239 e. The molecule has 31 heavy (non-hydrogen) atoms. The zero-order chi connectivity index (χ0) is 21.6. The molecule has 1 saturated heterocycles. The quantitative estimate of drug-likeness (QED) is 0.618. The first-order valence-corrected chi connectivity index (χ1v) is 10.8. The van der Waals surface area contributed by atoms with Gasteiger partial charge in [0.2, 0.25) is 11.9 Å². The van der Waals surface area contributed by atoms with Gasteiger partial charge in [-0.3, -0.25) is 9.69 Å². The van der Waals surface area contributed by atoms with Crippen molar-refractivity contribution in [3.8, 4) is 11.1 Å². The third kappa shape index (κ3) is 4.91. The van der Waals surface area contributed by atoms with Crippen LogP contribution in [-0.4, -0.2) is 64.9 Å². The third-order valence-electron chi connectivity index (χ3n) is 5.97. The molecule has 1 aliphatic heterocycles. The van der Waals surface area contributed by atoms with Crippen LogP contribution in [0.5, 0.6) is 0 Å². The first-order valence-electron chi connectivity index (χ1n) is 10.8. The standard InChI is InChI=1S/C25H29N5O/c1-20(24(31)29-15-17-30(18-16-29)25-26-13-8-14-27-25)28(2)19-22-11-6-7-12-23(22)21-9-4-3-5-10-21/h3-14,20H,15-19H2,1-2H3. The van der Waals surface area contributed by atoms with Crippen molar-refractivity contribution in [2.75, 3.05) is 38.1 Å². The number of aromatic nitrogens is 2. The van der Waals surface area contributed by atoms with Crippen LogP contribution in [0.3, 0.4) is 0 Å². The van der Waals surface area contributed by atoms with E-state index in [1.54, 1.807) is 12.4 Å². The molecule has 0 aliphatic carbocycles. The maximum absolute atomic E-state index is 13.2. The molecule has 1 unspecified atom stereocenters. The van der Waals surface area contributed by atoms with Crippen molar-refractivity contribution in [1.82, 2.24) is 19.8 Å². The highest BCUT2D eigenvalue weighted by molar-refractivity contribution is 5.81. The number of rotatable bonds is 6. The Balaban J connectivity index is 1.38. The van der Waals surface area contributed by atoms with Gasteiger partial charge in [0, 0.05) is 45.1 Å². The fourth-order valence-corrected chi connectivity index (χ4v) is 4.00. The lowest BCUT2D eigenvalue weighted by Crippen LogP contribution is -2.53. The number of benzene rings is 2. The van der Waals surface area contributed by atoms with Crippen molar-refractivity contribution >= 4 is 11.9 Å². The number of likely N-dealkylation sites (N-methyl/N-ethyl adjacent to an activating group) is 1. The summed E-state index contributed by atoms with van der Waals surface area (Å²) in [7, 11) is 2.03. The summed E-state index contributed by atoms with van der Waals surface area (Å²) >= 11 is 0. The second-order valence-electron chi connectivity index (χ2n) is 7.98. The number of hydrogen-bond acceptors (Lipinski definition) is 5. The molecule has 1 amide bonds. The SMILES string of the molecule is CC(C(=O)N1CCN(c2ncccn2)CC1)N(C)Cc1ccccc1-c1ccccc1. The molecular weight excluding hydrogens is 386 g/mol. The molecule has 1 fully saturated rings. The van der Waals surface area contributed by atoms with Gasteiger partial charge in [0.15, 0.2) is 0 Å². The van der Waals surface area contributed by atoms with Gasteiger partial charge in [-0.2, -0.15) is 0 Å². The van der Waals surface area contributed by atoms with Gasteiger partial charge < -0.3 is 9.80 Å². The fourth-order valence-electron chi connectivity index (χ4n) is 4.00. The third-order valence-corrected chi connectivity index (χ3v) is 5.97. The summed E-state index contributed by atoms with van der Waals surface area (Å²) in [4.78, 5) is 28.0. The molecule has 1 aliphatic rings. The van der Waals surface area contributed by atoms with Crippen molar-refractivity contribution in [1.29, 1.82) is 0 Å². The molecule has 0 radical (unpaired) electrons. The smallest absolute Gasteiger partial charge is 0.239 e. The van der Waals surface area contributed by atoms with Gasteiger partial charge in [0.1, 0.15) is 0 Å². The Kier molecular flexibility index (Phi) is 6.57. The molecule has 0 bridgehead atoms. The second kappa shape index (κ2) is 9.71. The Morgan fingerprint density at radius 2 is 1.58 bits per heavy atom. The molecule has 2 aromatic carbocycles. The van der Waals surface area contributed by atoms with Gasteiger partial charge in [-0.25, -0.2) is 9.97 Å². The lowest BCUT2D eigenvalue weighted by atomic mass is 9.99. The van der Waals surface area contributed by atoms with Gasteiger partial charge >= 0.3 is 0 Å². The van der Waals surface area contributed by atoms with Crippen LogP contribution in [0.2, 0.25) is 0 Å². The van der Waals surface area contributed by atoms with E-state index < -0.39 is 0 Å². The van der Waals surface area contributed by atoms with E-state index in [0.717, 1.165) is 25.6 Å². The minimum Gasteiger partial charge on any atom is -0.338 e. The number of piperazine rings is 1. The molecule has 2 heterocycles. The zero-order valence-electron chi connectivity index (χ0n) is 18.2. The zero-order valence-corrected chi connectivity index (χ0v) is 18.2. The average molecular weight is 416 g/mol. The van der Waals surface area contributed by atoms with Crippen LogP contribution in [0.4, 0.5) is 5.95 Å². The predicted octanol–water partition coefficient (Wildman–Crippen LogP) is 3.31.